The molecule has 1 amide bonds. The topological polar surface area (TPSA) is 44.4 Å². The van der Waals surface area contributed by atoms with E-state index < -0.39 is 0 Å². The van der Waals surface area contributed by atoms with Gasteiger partial charge in [0.15, 0.2) is 0 Å². The molecule has 0 radical (unpaired) electrons. The number of nitrogens with one attached hydrogen (secondary N) is 2. The molecule has 92 valence electrons. The van der Waals surface area contributed by atoms with Crippen molar-refractivity contribution in [1.82, 2.24) is 15.5 Å². The Kier molecular flexibility index (Phi) is 4.18. The molecule has 16 heavy (non-hydrogen) atoms. The lowest BCUT2D eigenvalue weighted by Crippen LogP contribution is -2.39. The summed E-state index contributed by atoms with van der Waals surface area (Å²) >= 11 is 0. The maximum Gasteiger partial charge on any atom is 0.224 e. The van der Waals surface area contributed by atoms with Gasteiger partial charge in [0.05, 0.1) is 5.92 Å². The highest BCUT2D eigenvalue weighted by Crippen LogP contribution is 2.15. The van der Waals surface area contributed by atoms with Gasteiger partial charge in [0, 0.05) is 13.1 Å². The Morgan fingerprint density at radius 1 is 1.38 bits per heavy atom. The fraction of sp³-hybridized carbons (Fsp3) is 0.917. The van der Waals surface area contributed by atoms with Crippen molar-refractivity contribution < 1.29 is 4.79 Å². The van der Waals surface area contributed by atoms with E-state index >= 15 is 0 Å². The number of hydrogen-bond donors (Lipinski definition) is 2. The zero-order chi connectivity index (χ0) is 11.4. The van der Waals surface area contributed by atoms with Crippen LogP contribution in [0, 0.1) is 11.8 Å². The fourth-order valence-electron chi connectivity index (χ4n) is 2.53. The van der Waals surface area contributed by atoms with Gasteiger partial charge in [0.2, 0.25) is 5.91 Å². The molecule has 2 heterocycles. The molecule has 2 N–H and O–H groups in total. The fourth-order valence-corrected chi connectivity index (χ4v) is 2.53. The molecule has 0 saturated carbocycles. The van der Waals surface area contributed by atoms with Gasteiger partial charge in [-0.05, 0) is 51.9 Å². The number of likely N-dealkylation sites (tertiary alicyclic amines) is 1. The number of amides is 1. The van der Waals surface area contributed by atoms with Crippen molar-refractivity contribution in [2.24, 2.45) is 11.8 Å². The molecule has 4 heteroatoms. The molecular formula is C12H23N3O. The van der Waals surface area contributed by atoms with Crippen LogP contribution in [0.3, 0.4) is 0 Å². The predicted octanol–water partition coefficient (Wildman–Crippen LogP) is 0.0539. The van der Waals surface area contributed by atoms with Gasteiger partial charge in [0.25, 0.3) is 0 Å². The molecule has 0 spiro atoms. The summed E-state index contributed by atoms with van der Waals surface area (Å²) in [5.74, 6) is 1.16. The van der Waals surface area contributed by atoms with E-state index in [9.17, 15) is 4.79 Å². The summed E-state index contributed by atoms with van der Waals surface area (Å²) in [5.41, 5.74) is 0. The Morgan fingerprint density at radius 3 is 2.75 bits per heavy atom. The van der Waals surface area contributed by atoms with Gasteiger partial charge in [0.1, 0.15) is 0 Å². The summed E-state index contributed by atoms with van der Waals surface area (Å²) in [7, 11) is 2.17. The summed E-state index contributed by atoms with van der Waals surface area (Å²) in [4.78, 5) is 14.2. The monoisotopic (exact) mass is 225 g/mol. The molecule has 0 aromatic carbocycles. The molecule has 0 aliphatic carbocycles. The highest BCUT2D eigenvalue weighted by molar-refractivity contribution is 5.79. The van der Waals surface area contributed by atoms with Gasteiger partial charge < -0.3 is 15.5 Å². The van der Waals surface area contributed by atoms with Gasteiger partial charge in [-0.1, -0.05) is 0 Å². The smallest absolute Gasteiger partial charge is 0.224 e. The van der Waals surface area contributed by atoms with Gasteiger partial charge in [-0.2, -0.15) is 0 Å². The zero-order valence-corrected chi connectivity index (χ0v) is 10.2. The molecule has 0 aromatic rings. The molecule has 1 atom stereocenters. The second kappa shape index (κ2) is 5.64. The minimum absolute atomic E-state index is 0.214. The standard InChI is InChI=1S/C12H23N3O/c1-15-6-3-10(4-7-15)8-14-12(16)11-2-5-13-9-11/h10-11,13H,2-9H2,1H3,(H,14,16). The Hall–Kier alpha value is -0.610. The molecule has 2 aliphatic heterocycles. The number of carbonyl (C=O) groups excluding carboxylic acids is 1. The summed E-state index contributed by atoms with van der Waals surface area (Å²) in [5, 5.41) is 6.34. The zero-order valence-electron chi connectivity index (χ0n) is 10.2. The first-order chi connectivity index (χ1) is 7.75. The highest BCUT2D eigenvalue weighted by atomic mass is 16.1. The molecule has 2 fully saturated rings. The van der Waals surface area contributed by atoms with E-state index in [1.54, 1.807) is 0 Å². The van der Waals surface area contributed by atoms with Crippen molar-refractivity contribution in [3.8, 4) is 0 Å². The van der Waals surface area contributed by atoms with Gasteiger partial charge in [-0.25, -0.2) is 0 Å². The predicted molar refractivity (Wildman–Crippen MR) is 64.2 cm³/mol. The Labute approximate surface area is 97.8 Å². The van der Waals surface area contributed by atoms with E-state index in [4.69, 9.17) is 0 Å². The van der Waals surface area contributed by atoms with E-state index in [0.29, 0.717) is 5.92 Å². The van der Waals surface area contributed by atoms with E-state index in [0.717, 1.165) is 26.1 Å². The first-order valence-electron chi connectivity index (χ1n) is 6.42. The number of nitrogens with zero attached hydrogens (tertiary/aromatic N) is 1. The second-order valence-corrected chi connectivity index (χ2v) is 5.18. The second-order valence-electron chi connectivity index (χ2n) is 5.18. The summed E-state index contributed by atoms with van der Waals surface area (Å²) in [6.07, 6.45) is 3.44. The number of piperidine rings is 1. The van der Waals surface area contributed by atoms with E-state index in [-0.39, 0.29) is 11.8 Å². The van der Waals surface area contributed by atoms with Crippen molar-refractivity contribution >= 4 is 5.91 Å². The van der Waals surface area contributed by atoms with E-state index in [2.05, 4.69) is 22.6 Å². The van der Waals surface area contributed by atoms with Gasteiger partial charge in [-0.3, -0.25) is 4.79 Å². The number of hydrogen-bond acceptors (Lipinski definition) is 3. The molecule has 2 rings (SSSR count). The van der Waals surface area contributed by atoms with Crippen LogP contribution in [0.5, 0.6) is 0 Å². The Morgan fingerprint density at radius 2 is 2.12 bits per heavy atom. The molecule has 0 bridgehead atoms. The van der Waals surface area contributed by atoms with Crippen LogP contribution in [0.25, 0.3) is 0 Å². The maximum absolute atomic E-state index is 11.8. The Bertz CT molecular complexity index is 230. The third kappa shape index (κ3) is 3.19. The summed E-state index contributed by atoms with van der Waals surface area (Å²) in [6.45, 7) is 5.08. The first-order valence-corrected chi connectivity index (χ1v) is 6.42. The third-order valence-electron chi connectivity index (χ3n) is 3.83. The number of rotatable bonds is 3. The van der Waals surface area contributed by atoms with Crippen molar-refractivity contribution in [1.29, 1.82) is 0 Å². The van der Waals surface area contributed by atoms with Crippen LogP contribution in [-0.4, -0.2) is 50.6 Å². The summed E-state index contributed by atoms with van der Waals surface area (Å²) < 4.78 is 0. The molecule has 2 saturated heterocycles. The van der Waals surface area contributed by atoms with Crippen LogP contribution in [0.1, 0.15) is 19.3 Å². The third-order valence-corrected chi connectivity index (χ3v) is 3.83. The van der Waals surface area contributed by atoms with Crippen molar-refractivity contribution in [2.75, 3.05) is 39.8 Å². The SMILES string of the molecule is CN1CCC(CNC(=O)C2CCNC2)CC1. The van der Waals surface area contributed by atoms with Crippen molar-refractivity contribution in [3.05, 3.63) is 0 Å². The molecule has 1 unspecified atom stereocenters. The normalized spacial score (nSPS) is 28.2. The lowest BCUT2D eigenvalue weighted by Gasteiger charge is -2.29. The Balaban J connectivity index is 1.65. The van der Waals surface area contributed by atoms with Crippen molar-refractivity contribution in [3.63, 3.8) is 0 Å². The minimum Gasteiger partial charge on any atom is -0.356 e. The lowest BCUT2D eigenvalue weighted by molar-refractivity contribution is -0.124. The van der Waals surface area contributed by atoms with Crippen molar-refractivity contribution in [2.45, 2.75) is 19.3 Å². The first kappa shape index (κ1) is 11.9. The van der Waals surface area contributed by atoms with E-state index in [1.807, 2.05) is 0 Å². The average Bonchev–Trinajstić information content (AvgIpc) is 2.81. The minimum atomic E-state index is 0.214. The largest absolute Gasteiger partial charge is 0.356 e. The average molecular weight is 225 g/mol. The van der Waals surface area contributed by atoms with Gasteiger partial charge in [-0.15, -0.1) is 0 Å². The van der Waals surface area contributed by atoms with Gasteiger partial charge >= 0.3 is 0 Å². The highest BCUT2D eigenvalue weighted by Gasteiger charge is 2.23. The maximum atomic E-state index is 11.8. The molecule has 2 aliphatic rings. The van der Waals surface area contributed by atoms with Crippen LogP contribution < -0.4 is 10.6 Å². The van der Waals surface area contributed by atoms with Crippen LogP contribution in [0.15, 0.2) is 0 Å². The molecule has 4 nitrogen and oxygen atoms in total. The lowest BCUT2D eigenvalue weighted by atomic mass is 9.97. The molecule has 0 aromatic heterocycles. The van der Waals surface area contributed by atoms with Crippen LogP contribution in [0.2, 0.25) is 0 Å². The number of carbonyl (C=O) groups is 1. The van der Waals surface area contributed by atoms with E-state index in [1.165, 1.54) is 25.9 Å². The van der Waals surface area contributed by atoms with Crippen LogP contribution in [-0.2, 0) is 4.79 Å². The van der Waals surface area contributed by atoms with Crippen LogP contribution in [0.4, 0.5) is 0 Å². The molecular weight excluding hydrogens is 202 g/mol. The van der Waals surface area contributed by atoms with Crippen LogP contribution >= 0.6 is 0 Å². The summed E-state index contributed by atoms with van der Waals surface area (Å²) in [6, 6.07) is 0. The quantitative estimate of drug-likeness (QED) is 0.713.